The van der Waals surface area contributed by atoms with Crippen LogP contribution in [0, 0.1) is 11.6 Å². The van der Waals surface area contributed by atoms with Crippen LogP contribution in [0.3, 0.4) is 0 Å². The van der Waals surface area contributed by atoms with Gasteiger partial charge in [0.15, 0.2) is 11.6 Å². The number of amides is 3. The Hall–Kier alpha value is -4.20. The minimum Gasteiger partial charge on any atom is -0.326 e. The predicted molar refractivity (Wildman–Crippen MR) is 139 cm³/mol. The van der Waals surface area contributed by atoms with Crippen molar-refractivity contribution in [2.75, 3.05) is 27.7 Å². The first-order valence-electron chi connectivity index (χ1n) is 11.9. The van der Waals surface area contributed by atoms with Crippen LogP contribution in [0.5, 0.6) is 0 Å². The standard InChI is InChI=1S/C26H23F5N4O4S/c1-40(38,39)34-19-6-3-2-5-17(19)18-12-13-21(23(28)22(18)27)35-14-4-7-20(24(35)36)33-25(37)32-16-10-8-15(9-11-16)26(29,30)31/h2-3,5-6,8-13,20,34H,4,7,14H2,1H3,(H2,32,33,37)/t20-/m1/s1. The second kappa shape index (κ2) is 11.1. The first-order chi connectivity index (χ1) is 18.7. The highest BCUT2D eigenvalue weighted by Gasteiger charge is 2.34. The summed E-state index contributed by atoms with van der Waals surface area (Å²) in [5.74, 6) is -3.35. The molecule has 3 aromatic rings. The van der Waals surface area contributed by atoms with E-state index in [0.29, 0.717) is 6.42 Å². The van der Waals surface area contributed by atoms with Gasteiger partial charge in [-0.1, -0.05) is 18.2 Å². The summed E-state index contributed by atoms with van der Waals surface area (Å²) < 4.78 is 94.4. The molecule has 0 aliphatic carbocycles. The summed E-state index contributed by atoms with van der Waals surface area (Å²) in [5, 5.41) is 4.76. The van der Waals surface area contributed by atoms with E-state index in [-0.39, 0.29) is 41.2 Å². The predicted octanol–water partition coefficient (Wildman–Crippen LogP) is 5.34. The van der Waals surface area contributed by atoms with Crippen LogP contribution < -0.4 is 20.3 Å². The van der Waals surface area contributed by atoms with E-state index in [1.807, 2.05) is 0 Å². The number of nitrogens with zero attached hydrogens (tertiary/aromatic N) is 1. The number of hydrogen-bond acceptors (Lipinski definition) is 4. The smallest absolute Gasteiger partial charge is 0.326 e. The molecule has 0 aromatic heterocycles. The molecule has 1 aliphatic rings. The van der Waals surface area contributed by atoms with Crippen molar-refractivity contribution in [3.63, 3.8) is 0 Å². The van der Waals surface area contributed by atoms with Crippen molar-refractivity contribution in [3.8, 4) is 11.1 Å². The van der Waals surface area contributed by atoms with Gasteiger partial charge in [0.25, 0.3) is 0 Å². The van der Waals surface area contributed by atoms with E-state index in [1.54, 1.807) is 0 Å². The fourth-order valence-electron chi connectivity index (χ4n) is 4.28. The maximum Gasteiger partial charge on any atom is 0.416 e. The van der Waals surface area contributed by atoms with Gasteiger partial charge in [-0.15, -0.1) is 0 Å². The Morgan fingerprint density at radius 2 is 1.62 bits per heavy atom. The highest BCUT2D eigenvalue weighted by molar-refractivity contribution is 7.92. The zero-order chi connectivity index (χ0) is 29.2. The van der Waals surface area contributed by atoms with E-state index in [1.165, 1.54) is 36.4 Å². The van der Waals surface area contributed by atoms with Gasteiger partial charge < -0.3 is 15.5 Å². The molecule has 1 fully saturated rings. The van der Waals surface area contributed by atoms with Crippen LogP contribution in [0.15, 0.2) is 60.7 Å². The van der Waals surface area contributed by atoms with Crippen molar-refractivity contribution >= 4 is 39.0 Å². The Morgan fingerprint density at radius 1 is 0.950 bits per heavy atom. The molecule has 4 rings (SSSR count). The van der Waals surface area contributed by atoms with Crippen molar-refractivity contribution in [1.82, 2.24) is 5.32 Å². The van der Waals surface area contributed by atoms with E-state index in [9.17, 15) is 31.2 Å². The maximum absolute atomic E-state index is 15.3. The van der Waals surface area contributed by atoms with E-state index in [0.717, 1.165) is 35.4 Å². The van der Waals surface area contributed by atoms with Gasteiger partial charge in [-0.3, -0.25) is 9.52 Å². The van der Waals surface area contributed by atoms with Crippen molar-refractivity contribution in [1.29, 1.82) is 0 Å². The molecule has 1 atom stereocenters. The number of para-hydroxylation sites is 1. The quantitative estimate of drug-likeness (QED) is 0.341. The van der Waals surface area contributed by atoms with Gasteiger partial charge in [0.1, 0.15) is 6.04 Å². The van der Waals surface area contributed by atoms with E-state index in [2.05, 4.69) is 15.4 Å². The number of anilines is 3. The second-order valence-electron chi connectivity index (χ2n) is 9.04. The zero-order valence-corrected chi connectivity index (χ0v) is 21.7. The van der Waals surface area contributed by atoms with Crippen molar-refractivity contribution in [2.24, 2.45) is 0 Å². The molecule has 212 valence electrons. The number of sulfonamides is 1. The number of carbonyl (C=O) groups is 2. The largest absolute Gasteiger partial charge is 0.416 e. The molecule has 8 nitrogen and oxygen atoms in total. The number of hydrogen-bond donors (Lipinski definition) is 3. The van der Waals surface area contributed by atoms with Crippen LogP contribution in [0.2, 0.25) is 0 Å². The fourth-order valence-corrected chi connectivity index (χ4v) is 4.86. The summed E-state index contributed by atoms with van der Waals surface area (Å²) in [5.41, 5.74) is -1.32. The third-order valence-electron chi connectivity index (χ3n) is 6.08. The number of carbonyl (C=O) groups excluding carboxylic acids is 2. The molecule has 3 amide bonds. The Bertz CT molecular complexity index is 1550. The highest BCUT2D eigenvalue weighted by atomic mass is 32.2. The van der Waals surface area contributed by atoms with Gasteiger partial charge in [0.05, 0.1) is 23.2 Å². The lowest BCUT2D eigenvalue weighted by Crippen LogP contribution is -2.53. The van der Waals surface area contributed by atoms with Crippen LogP contribution in [-0.2, 0) is 21.0 Å². The molecule has 1 heterocycles. The van der Waals surface area contributed by atoms with Crippen LogP contribution in [-0.4, -0.2) is 39.2 Å². The molecule has 1 aliphatic heterocycles. The number of benzene rings is 3. The average Bonchev–Trinajstić information content (AvgIpc) is 2.87. The molecular formula is C26H23F5N4O4S. The van der Waals surface area contributed by atoms with Gasteiger partial charge in [-0.25, -0.2) is 22.0 Å². The highest BCUT2D eigenvalue weighted by Crippen LogP contribution is 2.36. The minimum atomic E-state index is -4.54. The fraction of sp³-hybridized carbons (Fsp3) is 0.231. The number of halogens is 5. The average molecular weight is 583 g/mol. The van der Waals surface area contributed by atoms with Crippen molar-refractivity contribution in [2.45, 2.75) is 25.1 Å². The SMILES string of the molecule is CS(=O)(=O)Nc1ccccc1-c1ccc(N2CCC[C@@H](NC(=O)Nc3ccc(C(F)(F)F)cc3)C2=O)c(F)c1F. The van der Waals surface area contributed by atoms with Gasteiger partial charge in [-0.2, -0.15) is 13.2 Å². The lowest BCUT2D eigenvalue weighted by molar-refractivity contribution is -0.137. The van der Waals surface area contributed by atoms with Crippen LogP contribution in [0.4, 0.5) is 43.8 Å². The third-order valence-corrected chi connectivity index (χ3v) is 6.67. The Kier molecular flexibility index (Phi) is 8.00. The molecule has 0 spiro atoms. The van der Waals surface area contributed by atoms with Crippen LogP contribution >= 0.6 is 0 Å². The molecule has 0 bridgehead atoms. The molecule has 14 heteroatoms. The molecule has 40 heavy (non-hydrogen) atoms. The van der Waals surface area contributed by atoms with E-state index in [4.69, 9.17) is 0 Å². The second-order valence-corrected chi connectivity index (χ2v) is 10.8. The Morgan fingerprint density at radius 3 is 2.27 bits per heavy atom. The normalized spacial score (nSPS) is 16.0. The third kappa shape index (κ3) is 6.50. The van der Waals surface area contributed by atoms with Crippen LogP contribution in [0.25, 0.3) is 11.1 Å². The summed E-state index contributed by atoms with van der Waals surface area (Å²) >= 11 is 0. The first kappa shape index (κ1) is 28.8. The van der Waals surface area contributed by atoms with Gasteiger partial charge in [0.2, 0.25) is 15.9 Å². The number of nitrogens with one attached hydrogen (secondary N) is 3. The Labute approximate surface area is 226 Å². The molecule has 1 saturated heterocycles. The molecule has 3 aromatic carbocycles. The topological polar surface area (TPSA) is 108 Å². The lowest BCUT2D eigenvalue weighted by Gasteiger charge is -2.33. The number of rotatable bonds is 6. The molecule has 0 unspecified atom stereocenters. The van der Waals surface area contributed by atoms with Crippen LogP contribution in [0.1, 0.15) is 18.4 Å². The number of alkyl halides is 3. The Balaban J connectivity index is 1.51. The van der Waals surface area contributed by atoms with E-state index < -0.39 is 51.4 Å². The summed E-state index contributed by atoms with van der Waals surface area (Å²) in [4.78, 5) is 26.5. The lowest BCUT2D eigenvalue weighted by atomic mass is 10.00. The molecule has 0 saturated carbocycles. The molecular weight excluding hydrogens is 559 g/mol. The monoisotopic (exact) mass is 582 g/mol. The summed E-state index contributed by atoms with van der Waals surface area (Å²) in [6.45, 7) is 0.0411. The van der Waals surface area contributed by atoms with Gasteiger partial charge in [0, 0.05) is 23.4 Å². The minimum absolute atomic E-state index is 0.0356. The van der Waals surface area contributed by atoms with Crippen molar-refractivity contribution < 1.29 is 40.0 Å². The maximum atomic E-state index is 15.3. The zero-order valence-electron chi connectivity index (χ0n) is 20.9. The number of piperidine rings is 1. The first-order valence-corrected chi connectivity index (χ1v) is 13.7. The van der Waals surface area contributed by atoms with E-state index >= 15 is 8.78 Å². The molecule has 0 radical (unpaired) electrons. The van der Waals surface area contributed by atoms with Gasteiger partial charge >= 0.3 is 12.2 Å². The van der Waals surface area contributed by atoms with Gasteiger partial charge in [-0.05, 0) is 55.3 Å². The summed E-state index contributed by atoms with van der Waals surface area (Å²) in [6.07, 6.45) is -3.09. The van der Waals surface area contributed by atoms with Crippen molar-refractivity contribution in [3.05, 3.63) is 77.9 Å². The number of urea groups is 1. The summed E-state index contributed by atoms with van der Waals surface area (Å²) in [7, 11) is -3.71. The molecule has 3 N–H and O–H groups in total. The summed E-state index contributed by atoms with van der Waals surface area (Å²) in [6, 6.07) is 9.98.